The molecule has 2 N–H and O–H groups in total. The zero-order valence-corrected chi connectivity index (χ0v) is 13.3. The van der Waals surface area contributed by atoms with Crippen molar-refractivity contribution >= 4 is 38.9 Å². The van der Waals surface area contributed by atoms with Crippen LogP contribution >= 0.6 is 38.9 Å². The number of likely N-dealkylation sites (tertiary alicyclic amines) is 1. The Kier molecular flexibility index (Phi) is 4.53. The molecule has 2 rings (SSSR count). The zero-order chi connectivity index (χ0) is 12.6. The Morgan fingerprint density at radius 2 is 2.35 bits per heavy atom. The lowest BCUT2D eigenvalue weighted by atomic mass is 9.99. The van der Waals surface area contributed by atoms with Crippen LogP contribution in [0.25, 0.3) is 0 Å². The third-order valence-corrected chi connectivity index (χ3v) is 6.03. The summed E-state index contributed by atoms with van der Waals surface area (Å²) in [6.07, 6.45) is 1.19. The lowest BCUT2D eigenvalue weighted by Crippen LogP contribution is -2.32. The monoisotopic (exact) mass is 336 g/mol. The van der Waals surface area contributed by atoms with E-state index in [0.29, 0.717) is 18.0 Å². The van der Waals surface area contributed by atoms with Crippen molar-refractivity contribution in [3.8, 4) is 0 Å². The fourth-order valence-corrected chi connectivity index (χ4v) is 4.57. The molecular weight excluding hydrogens is 320 g/mol. The molecule has 0 spiro atoms. The SMILES string of the molecule is CC(C)N1CCC(CN)C1c1cc(Br)c(Cl)s1. The van der Waals surface area contributed by atoms with Crippen molar-refractivity contribution in [1.29, 1.82) is 0 Å². The van der Waals surface area contributed by atoms with Crippen LogP contribution in [0.4, 0.5) is 0 Å². The maximum atomic E-state index is 6.15. The summed E-state index contributed by atoms with van der Waals surface area (Å²) in [6.45, 7) is 6.38. The normalized spacial score (nSPS) is 26.0. The maximum absolute atomic E-state index is 6.15. The van der Waals surface area contributed by atoms with Gasteiger partial charge in [0.1, 0.15) is 4.34 Å². The second-order valence-corrected chi connectivity index (χ2v) is 7.37. The molecule has 96 valence electrons. The summed E-state index contributed by atoms with van der Waals surface area (Å²) < 4.78 is 1.84. The molecule has 1 saturated heterocycles. The van der Waals surface area contributed by atoms with Gasteiger partial charge in [-0.15, -0.1) is 11.3 Å². The van der Waals surface area contributed by atoms with E-state index in [-0.39, 0.29) is 0 Å². The Morgan fingerprint density at radius 1 is 1.65 bits per heavy atom. The standard InChI is InChI=1S/C12H18BrClN2S/c1-7(2)16-4-3-8(6-15)11(16)10-5-9(13)12(14)17-10/h5,7-8,11H,3-4,6,15H2,1-2H3. The van der Waals surface area contributed by atoms with Crippen LogP contribution in [0.5, 0.6) is 0 Å². The van der Waals surface area contributed by atoms with Gasteiger partial charge in [-0.1, -0.05) is 11.6 Å². The molecule has 5 heteroatoms. The molecule has 1 aromatic rings. The van der Waals surface area contributed by atoms with Crippen LogP contribution in [0, 0.1) is 5.92 Å². The van der Waals surface area contributed by atoms with E-state index in [1.807, 2.05) is 0 Å². The third kappa shape index (κ3) is 2.71. The summed E-state index contributed by atoms with van der Waals surface area (Å²) in [5.41, 5.74) is 5.90. The molecule has 0 radical (unpaired) electrons. The lowest BCUT2D eigenvalue weighted by molar-refractivity contribution is 0.187. The largest absolute Gasteiger partial charge is 0.330 e. The molecule has 0 saturated carbocycles. The first kappa shape index (κ1) is 13.8. The molecule has 2 unspecified atom stereocenters. The van der Waals surface area contributed by atoms with Crippen LogP contribution in [-0.4, -0.2) is 24.0 Å². The van der Waals surface area contributed by atoms with Crippen molar-refractivity contribution in [3.05, 3.63) is 19.8 Å². The highest BCUT2D eigenvalue weighted by molar-refractivity contribution is 9.10. The second kappa shape index (κ2) is 5.57. The summed E-state index contributed by atoms with van der Waals surface area (Å²) in [4.78, 5) is 3.87. The predicted molar refractivity (Wildman–Crippen MR) is 78.8 cm³/mol. The quantitative estimate of drug-likeness (QED) is 0.906. The third-order valence-electron chi connectivity index (χ3n) is 3.48. The fraction of sp³-hybridized carbons (Fsp3) is 0.667. The van der Waals surface area contributed by atoms with Gasteiger partial charge in [0, 0.05) is 21.4 Å². The molecule has 1 fully saturated rings. The molecule has 2 heterocycles. The van der Waals surface area contributed by atoms with E-state index in [1.165, 1.54) is 11.3 Å². The lowest BCUT2D eigenvalue weighted by Gasteiger charge is -2.30. The van der Waals surface area contributed by atoms with Crippen LogP contribution < -0.4 is 5.73 Å². The molecule has 17 heavy (non-hydrogen) atoms. The number of hydrogen-bond donors (Lipinski definition) is 1. The average Bonchev–Trinajstić information content (AvgIpc) is 2.82. The van der Waals surface area contributed by atoms with Crippen molar-refractivity contribution < 1.29 is 0 Å². The Bertz CT molecular complexity index is 374. The molecule has 0 bridgehead atoms. The van der Waals surface area contributed by atoms with Crippen molar-refractivity contribution in [2.45, 2.75) is 32.4 Å². The van der Waals surface area contributed by atoms with E-state index >= 15 is 0 Å². The van der Waals surface area contributed by atoms with Crippen molar-refractivity contribution in [3.63, 3.8) is 0 Å². The van der Waals surface area contributed by atoms with Gasteiger partial charge in [0.05, 0.1) is 0 Å². The van der Waals surface area contributed by atoms with E-state index in [4.69, 9.17) is 17.3 Å². The minimum absolute atomic E-state index is 0.439. The van der Waals surface area contributed by atoms with Gasteiger partial charge in [0.25, 0.3) is 0 Å². The van der Waals surface area contributed by atoms with E-state index in [1.54, 1.807) is 11.3 Å². The van der Waals surface area contributed by atoms with Crippen LogP contribution in [-0.2, 0) is 0 Å². The number of rotatable bonds is 3. The summed E-state index contributed by atoms with van der Waals surface area (Å²) in [5, 5.41) is 0. The zero-order valence-electron chi connectivity index (χ0n) is 10.1. The van der Waals surface area contributed by atoms with E-state index in [0.717, 1.165) is 21.9 Å². The summed E-state index contributed by atoms with van der Waals surface area (Å²) >= 11 is 11.3. The Labute approximate surface area is 120 Å². The number of nitrogens with zero attached hydrogens (tertiary/aromatic N) is 1. The maximum Gasteiger partial charge on any atom is 0.107 e. The van der Waals surface area contributed by atoms with Gasteiger partial charge >= 0.3 is 0 Å². The van der Waals surface area contributed by atoms with Gasteiger partial charge in [-0.3, -0.25) is 4.90 Å². The van der Waals surface area contributed by atoms with Crippen LogP contribution in [0.15, 0.2) is 10.5 Å². The number of nitrogens with two attached hydrogens (primary N) is 1. The smallest absolute Gasteiger partial charge is 0.107 e. The van der Waals surface area contributed by atoms with Gasteiger partial charge in [0.15, 0.2) is 0 Å². The highest BCUT2D eigenvalue weighted by Gasteiger charge is 2.36. The fourth-order valence-electron chi connectivity index (χ4n) is 2.61. The van der Waals surface area contributed by atoms with Gasteiger partial charge in [0.2, 0.25) is 0 Å². The first-order chi connectivity index (χ1) is 8.04. The van der Waals surface area contributed by atoms with Gasteiger partial charge in [-0.25, -0.2) is 0 Å². The van der Waals surface area contributed by atoms with Crippen LogP contribution in [0.3, 0.4) is 0 Å². The molecule has 1 aliphatic rings. The molecule has 1 aliphatic heterocycles. The van der Waals surface area contributed by atoms with Crippen molar-refractivity contribution in [2.24, 2.45) is 11.7 Å². The van der Waals surface area contributed by atoms with Gasteiger partial charge in [-0.05, 0) is 61.3 Å². The Morgan fingerprint density at radius 3 is 2.82 bits per heavy atom. The molecule has 0 aliphatic carbocycles. The van der Waals surface area contributed by atoms with Crippen molar-refractivity contribution in [2.75, 3.05) is 13.1 Å². The molecule has 1 aromatic heterocycles. The van der Waals surface area contributed by atoms with Gasteiger partial charge in [-0.2, -0.15) is 0 Å². The van der Waals surface area contributed by atoms with E-state index < -0.39 is 0 Å². The number of hydrogen-bond acceptors (Lipinski definition) is 3. The summed E-state index contributed by atoms with van der Waals surface area (Å²) in [6, 6.07) is 3.14. The Balaban J connectivity index is 2.31. The van der Waals surface area contributed by atoms with E-state index in [2.05, 4.69) is 40.7 Å². The van der Waals surface area contributed by atoms with Gasteiger partial charge < -0.3 is 5.73 Å². The molecular formula is C12H18BrClN2S. The predicted octanol–water partition coefficient (Wildman–Crippen LogP) is 3.89. The number of thiophene rings is 1. The highest BCUT2D eigenvalue weighted by atomic mass is 79.9. The highest BCUT2D eigenvalue weighted by Crippen LogP contribution is 2.44. The molecule has 0 aromatic carbocycles. The minimum Gasteiger partial charge on any atom is -0.330 e. The van der Waals surface area contributed by atoms with E-state index in [9.17, 15) is 0 Å². The first-order valence-corrected chi connectivity index (χ1v) is 7.94. The van der Waals surface area contributed by atoms with Crippen LogP contribution in [0.2, 0.25) is 4.34 Å². The molecule has 2 atom stereocenters. The second-order valence-electron chi connectivity index (χ2n) is 4.83. The molecule has 2 nitrogen and oxygen atoms in total. The molecule has 0 amide bonds. The van der Waals surface area contributed by atoms with Crippen molar-refractivity contribution in [1.82, 2.24) is 4.90 Å². The topological polar surface area (TPSA) is 29.3 Å². The average molecular weight is 338 g/mol. The number of halogens is 2. The Hall–Kier alpha value is 0.390. The minimum atomic E-state index is 0.439. The first-order valence-electron chi connectivity index (χ1n) is 5.95. The van der Waals surface area contributed by atoms with Crippen LogP contribution in [0.1, 0.15) is 31.2 Å². The summed E-state index contributed by atoms with van der Waals surface area (Å²) in [5.74, 6) is 0.555. The summed E-state index contributed by atoms with van der Waals surface area (Å²) in [7, 11) is 0.